The molecule has 0 saturated heterocycles. The molecule has 4 heteroatoms. The van der Waals surface area contributed by atoms with E-state index in [0.29, 0.717) is 5.56 Å². The second-order valence-electron chi connectivity index (χ2n) is 5.12. The molecule has 0 bridgehead atoms. The number of aryl methyl sites for hydroxylation is 2. The third-order valence-electron chi connectivity index (χ3n) is 3.27. The molecule has 2 N–H and O–H groups in total. The third-order valence-corrected chi connectivity index (χ3v) is 3.27. The summed E-state index contributed by atoms with van der Waals surface area (Å²) < 4.78 is 0. The highest BCUT2D eigenvalue weighted by atomic mass is 16.1. The summed E-state index contributed by atoms with van der Waals surface area (Å²) in [7, 11) is 0. The number of carbonyl (C=O) groups is 1. The number of amides is 1. The van der Waals surface area contributed by atoms with Crippen LogP contribution in [0.2, 0.25) is 0 Å². The van der Waals surface area contributed by atoms with E-state index in [9.17, 15) is 4.79 Å². The Morgan fingerprint density at radius 1 is 1.19 bits per heavy atom. The normalized spacial score (nSPS) is 10.2. The number of pyridine rings is 1. The maximum absolute atomic E-state index is 12.5. The molecule has 0 fully saturated rings. The van der Waals surface area contributed by atoms with E-state index >= 15 is 0 Å². The van der Waals surface area contributed by atoms with Crippen molar-refractivity contribution >= 4 is 17.3 Å². The number of aromatic nitrogens is 1. The van der Waals surface area contributed by atoms with Gasteiger partial charge in [-0.15, -0.1) is 0 Å². The van der Waals surface area contributed by atoms with Gasteiger partial charge in [-0.25, -0.2) is 0 Å². The summed E-state index contributed by atoms with van der Waals surface area (Å²) in [6.45, 7) is 6.91. The standard InChI is InChI=1S/C17H21N3O/c1-4-8-19-15-10-12(2)5-6-14(15)17(21)20-16-11-18-9-7-13(16)3/h5-7,9-11,19H,4,8H2,1-3H3,(H,20,21). The first-order chi connectivity index (χ1) is 10.1. The van der Waals surface area contributed by atoms with Crippen molar-refractivity contribution in [2.75, 3.05) is 17.2 Å². The molecule has 0 spiro atoms. The summed E-state index contributed by atoms with van der Waals surface area (Å²) in [4.78, 5) is 16.5. The molecule has 0 aliphatic heterocycles. The Morgan fingerprint density at radius 3 is 2.71 bits per heavy atom. The van der Waals surface area contributed by atoms with Crippen molar-refractivity contribution in [1.82, 2.24) is 4.98 Å². The second-order valence-corrected chi connectivity index (χ2v) is 5.12. The molecular weight excluding hydrogens is 262 g/mol. The van der Waals surface area contributed by atoms with Crippen molar-refractivity contribution in [2.45, 2.75) is 27.2 Å². The minimum absolute atomic E-state index is 0.121. The monoisotopic (exact) mass is 283 g/mol. The quantitative estimate of drug-likeness (QED) is 0.878. The molecule has 0 radical (unpaired) electrons. The van der Waals surface area contributed by atoms with Crippen molar-refractivity contribution in [3.05, 3.63) is 53.3 Å². The van der Waals surface area contributed by atoms with E-state index in [0.717, 1.165) is 35.5 Å². The van der Waals surface area contributed by atoms with E-state index in [1.807, 2.05) is 38.1 Å². The molecule has 0 atom stereocenters. The number of rotatable bonds is 5. The van der Waals surface area contributed by atoms with Gasteiger partial charge in [0.15, 0.2) is 0 Å². The number of benzene rings is 1. The van der Waals surface area contributed by atoms with Gasteiger partial charge in [-0.05, 0) is 49.6 Å². The number of anilines is 2. The van der Waals surface area contributed by atoms with Gasteiger partial charge in [-0.1, -0.05) is 13.0 Å². The Kier molecular flexibility index (Phi) is 4.93. The van der Waals surface area contributed by atoms with E-state index in [2.05, 4.69) is 22.5 Å². The zero-order valence-electron chi connectivity index (χ0n) is 12.7. The first kappa shape index (κ1) is 15.0. The van der Waals surface area contributed by atoms with Crippen LogP contribution in [-0.2, 0) is 0 Å². The predicted octanol–water partition coefficient (Wildman–Crippen LogP) is 3.77. The lowest BCUT2D eigenvalue weighted by atomic mass is 10.1. The SMILES string of the molecule is CCCNc1cc(C)ccc1C(=O)Nc1cnccc1C. The van der Waals surface area contributed by atoms with Gasteiger partial charge in [0.2, 0.25) is 0 Å². The minimum atomic E-state index is -0.121. The summed E-state index contributed by atoms with van der Waals surface area (Å²) in [6.07, 6.45) is 4.39. The van der Waals surface area contributed by atoms with Gasteiger partial charge in [0, 0.05) is 18.4 Å². The number of nitrogens with one attached hydrogen (secondary N) is 2. The van der Waals surface area contributed by atoms with Crippen LogP contribution in [0.3, 0.4) is 0 Å². The Morgan fingerprint density at radius 2 is 2.00 bits per heavy atom. The van der Waals surface area contributed by atoms with Gasteiger partial charge in [-0.2, -0.15) is 0 Å². The molecule has 1 amide bonds. The zero-order valence-corrected chi connectivity index (χ0v) is 12.7. The molecular formula is C17H21N3O. The molecule has 0 aliphatic rings. The highest BCUT2D eigenvalue weighted by molar-refractivity contribution is 6.08. The summed E-state index contributed by atoms with van der Waals surface area (Å²) in [5, 5.41) is 6.23. The molecule has 21 heavy (non-hydrogen) atoms. The van der Waals surface area contributed by atoms with Crippen LogP contribution in [0.1, 0.15) is 34.8 Å². The van der Waals surface area contributed by atoms with Crippen LogP contribution in [0.15, 0.2) is 36.7 Å². The summed E-state index contributed by atoms with van der Waals surface area (Å²) in [5.41, 5.74) is 4.38. The lowest BCUT2D eigenvalue weighted by molar-refractivity contribution is 0.102. The lowest BCUT2D eigenvalue weighted by Gasteiger charge is -2.13. The Hall–Kier alpha value is -2.36. The molecule has 2 aromatic rings. The predicted molar refractivity (Wildman–Crippen MR) is 86.9 cm³/mol. The first-order valence-corrected chi connectivity index (χ1v) is 7.18. The fourth-order valence-corrected chi connectivity index (χ4v) is 2.05. The smallest absolute Gasteiger partial charge is 0.257 e. The number of carbonyl (C=O) groups excluding carboxylic acids is 1. The fraction of sp³-hybridized carbons (Fsp3) is 0.294. The Labute approximate surface area is 125 Å². The molecule has 2 rings (SSSR count). The molecule has 0 unspecified atom stereocenters. The summed E-state index contributed by atoms with van der Waals surface area (Å²) >= 11 is 0. The van der Waals surface area contributed by atoms with Gasteiger partial charge >= 0.3 is 0 Å². The highest BCUT2D eigenvalue weighted by Crippen LogP contribution is 2.20. The average Bonchev–Trinajstić information content (AvgIpc) is 2.47. The first-order valence-electron chi connectivity index (χ1n) is 7.18. The van der Waals surface area contributed by atoms with Gasteiger partial charge in [0.1, 0.15) is 0 Å². The molecule has 0 aliphatic carbocycles. The van der Waals surface area contributed by atoms with E-state index in [4.69, 9.17) is 0 Å². The third kappa shape index (κ3) is 3.81. The maximum Gasteiger partial charge on any atom is 0.257 e. The number of hydrogen-bond donors (Lipinski definition) is 2. The summed E-state index contributed by atoms with van der Waals surface area (Å²) in [6, 6.07) is 7.68. The van der Waals surface area contributed by atoms with Crippen LogP contribution in [-0.4, -0.2) is 17.4 Å². The average molecular weight is 283 g/mol. The minimum Gasteiger partial charge on any atom is -0.384 e. The van der Waals surface area contributed by atoms with Crippen molar-refractivity contribution in [3.8, 4) is 0 Å². The van der Waals surface area contributed by atoms with Crippen molar-refractivity contribution < 1.29 is 4.79 Å². The molecule has 110 valence electrons. The van der Waals surface area contributed by atoms with Crippen LogP contribution >= 0.6 is 0 Å². The Bertz CT molecular complexity index is 638. The van der Waals surface area contributed by atoms with Gasteiger partial charge in [0.05, 0.1) is 17.4 Å². The Balaban J connectivity index is 2.24. The highest BCUT2D eigenvalue weighted by Gasteiger charge is 2.12. The van der Waals surface area contributed by atoms with E-state index in [1.165, 1.54) is 0 Å². The fourth-order valence-electron chi connectivity index (χ4n) is 2.05. The van der Waals surface area contributed by atoms with Crippen LogP contribution < -0.4 is 10.6 Å². The van der Waals surface area contributed by atoms with Crippen LogP contribution in [0.25, 0.3) is 0 Å². The van der Waals surface area contributed by atoms with Crippen molar-refractivity contribution in [2.24, 2.45) is 0 Å². The zero-order chi connectivity index (χ0) is 15.2. The van der Waals surface area contributed by atoms with Gasteiger partial charge in [0.25, 0.3) is 5.91 Å². The molecule has 0 saturated carbocycles. The van der Waals surface area contributed by atoms with E-state index < -0.39 is 0 Å². The molecule has 4 nitrogen and oxygen atoms in total. The lowest BCUT2D eigenvalue weighted by Crippen LogP contribution is -2.16. The molecule has 1 heterocycles. The molecule has 1 aromatic carbocycles. The second kappa shape index (κ2) is 6.88. The number of hydrogen-bond acceptors (Lipinski definition) is 3. The summed E-state index contributed by atoms with van der Waals surface area (Å²) in [5.74, 6) is -0.121. The topological polar surface area (TPSA) is 54.0 Å². The largest absolute Gasteiger partial charge is 0.384 e. The van der Waals surface area contributed by atoms with Gasteiger partial charge in [-0.3, -0.25) is 9.78 Å². The molecule has 1 aromatic heterocycles. The van der Waals surface area contributed by atoms with Crippen LogP contribution in [0.5, 0.6) is 0 Å². The number of nitrogens with zero attached hydrogens (tertiary/aromatic N) is 1. The maximum atomic E-state index is 12.5. The van der Waals surface area contributed by atoms with Crippen molar-refractivity contribution in [1.29, 1.82) is 0 Å². The van der Waals surface area contributed by atoms with Crippen LogP contribution in [0.4, 0.5) is 11.4 Å². The van der Waals surface area contributed by atoms with E-state index in [1.54, 1.807) is 12.4 Å². The van der Waals surface area contributed by atoms with E-state index in [-0.39, 0.29) is 5.91 Å². The van der Waals surface area contributed by atoms with Crippen molar-refractivity contribution in [3.63, 3.8) is 0 Å². The van der Waals surface area contributed by atoms with Crippen LogP contribution in [0, 0.1) is 13.8 Å². The van der Waals surface area contributed by atoms with Gasteiger partial charge < -0.3 is 10.6 Å².